The topological polar surface area (TPSA) is 86.7 Å². The molecule has 0 radical (unpaired) electrons. The molecule has 1 aliphatic carbocycles. The first kappa shape index (κ1) is 13.4. The van der Waals surface area contributed by atoms with Crippen LogP contribution in [0.3, 0.4) is 0 Å². The number of aromatic hydroxyl groups is 1. The van der Waals surface area contributed by atoms with E-state index in [4.69, 9.17) is 0 Å². The number of nitrogens with zero attached hydrogens (tertiary/aromatic N) is 1. The average molecular weight is 296 g/mol. The minimum absolute atomic E-state index is 0.0384. The number of carbonyl (C=O) groups excluding carboxylic acids is 1. The molecule has 2 N–H and O–H groups in total. The number of rotatable bonds is 1. The van der Waals surface area contributed by atoms with Gasteiger partial charge in [-0.1, -0.05) is 13.8 Å². The summed E-state index contributed by atoms with van der Waals surface area (Å²) in [4.78, 5) is 11.7. The predicted octanol–water partition coefficient (Wildman–Crippen LogP) is 0.698. The van der Waals surface area contributed by atoms with E-state index >= 15 is 0 Å². The van der Waals surface area contributed by atoms with Crippen LogP contribution in [0.4, 0.5) is 5.69 Å². The highest BCUT2D eigenvalue weighted by molar-refractivity contribution is 7.92. The molecule has 0 saturated carbocycles. The van der Waals surface area contributed by atoms with Gasteiger partial charge in [0.1, 0.15) is 11.4 Å². The van der Waals surface area contributed by atoms with Crippen molar-refractivity contribution < 1.29 is 18.3 Å². The van der Waals surface area contributed by atoms with Crippen LogP contribution in [-0.2, 0) is 27.8 Å². The molecule has 0 atom stereocenters. The number of amides is 1. The van der Waals surface area contributed by atoms with Crippen LogP contribution in [-0.4, -0.2) is 26.0 Å². The van der Waals surface area contributed by atoms with Gasteiger partial charge in [-0.3, -0.25) is 4.79 Å². The zero-order valence-electron chi connectivity index (χ0n) is 11.3. The smallest absolute Gasteiger partial charge is 0.308 e. The molecule has 1 aromatic carbocycles. The van der Waals surface area contributed by atoms with Gasteiger partial charge in [-0.2, -0.15) is 17.4 Å². The number of carbonyl (C=O) groups is 1. The minimum Gasteiger partial charge on any atom is -0.506 e. The highest BCUT2D eigenvalue weighted by Crippen LogP contribution is 2.42. The summed E-state index contributed by atoms with van der Waals surface area (Å²) < 4.78 is 26.5. The summed E-state index contributed by atoms with van der Waals surface area (Å²) in [5.74, 6) is -0.764. The van der Waals surface area contributed by atoms with E-state index in [-0.39, 0.29) is 23.4 Å². The molecule has 20 heavy (non-hydrogen) atoms. The number of hydrogen-bond acceptors (Lipinski definition) is 4. The Labute approximate surface area is 117 Å². The lowest BCUT2D eigenvalue weighted by Gasteiger charge is -2.16. The van der Waals surface area contributed by atoms with E-state index in [1.54, 1.807) is 12.1 Å². The lowest BCUT2D eigenvalue weighted by atomic mass is 9.90. The molecule has 0 spiro atoms. The van der Waals surface area contributed by atoms with Gasteiger partial charge in [-0.05, 0) is 41.5 Å². The van der Waals surface area contributed by atoms with Crippen molar-refractivity contribution in [3.8, 4) is 5.75 Å². The molecule has 1 heterocycles. The fourth-order valence-electron chi connectivity index (χ4n) is 2.94. The van der Waals surface area contributed by atoms with E-state index in [2.05, 4.69) is 18.6 Å². The third-order valence-corrected chi connectivity index (χ3v) is 5.12. The summed E-state index contributed by atoms with van der Waals surface area (Å²) in [6, 6.07) is 3.18. The molecule has 1 fully saturated rings. The Bertz CT molecular complexity index is 709. The first-order valence-corrected chi connectivity index (χ1v) is 7.81. The lowest BCUT2D eigenvalue weighted by molar-refractivity contribution is -0.115. The molecular weight excluding hydrogens is 280 g/mol. The number of fused-ring (bicyclic) bond motifs is 1. The molecule has 7 heteroatoms. The van der Waals surface area contributed by atoms with Gasteiger partial charge in [0.2, 0.25) is 0 Å². The molecule has 1 aliphatic heterocycles. The first-order chi connectivity index (χ1) is 9.20. The van der Waals surface area contributed by atoms with Crippen LogP contribution in [0.25, 0.3) is 0 Å². The Kier molecular flexibility index (Phi) is 2.65. The van der Waals surface area contributed by atoms with Crippen LogP contribution in [0.5, 0.6) is 5.75 Å². The lowest BCUT2D eigenvalue weighted by Crippen LogP contribution is -2.32. The minimum atomic E-state index is -3.88. The van der Waals surface area contributed by atoms with Gasteiger partial charge in [-0.15, -0.1) is 0 Å². The first-order valence-electron chi connectivity index (χ1n) is 6.37. The summed E-state index contributed by atoms with van der Waals surface area (Å²) in [6.45, 7) is 3.95. The molecular formula is C13H16N2O4S. The quantitative estimate of drug-likeness (QED) is 0.798. The van der Waals surface area contributed by atoms with E-state index in [1.807, 2.05) is 0 Å². The number of benzene rings is 1. The van der Waals surface area contributed by atoms with Crippen molar-refractivity contribution in [2.45, 2.75) is 26.7 Å². The van der Waals surface area contributed by atoms with Crippen LogP contribution in [0, 0.1) is 5.41 Å². The van der Waals surface area contributed by atoms with E-state index in [0.29, 0.717) is 4.31 Å². The van der Waals surface area contributed by atoms with Crippen molar-refractivity contribution in [1.82, 2.24) is 4.72 Å². The summed E-state index contributed by atoms with van der Waals surface area (Å²) in [5, 5.41) is 10.1. The van der Waals surface area contributed by atoms with Crippen molar-refractivity contribution in [3.63, 3.8) is 0 Å². The third kappa shape index (κ3) is 1.97. The van der Waals surface area contributed by atoms with Gasteiger partial charge in [0, 0.05) is 0 Å². The van der Waals surface area contributed by atoms with Crippen LogP contribution in [0.2, 0.25) is 0 Å². The molecule has 1 amide bonds. The van der Waals surface area contributed by atoms with Gasteiger partial charge < -0.3 is 5.11 Å². The second-order valence-electron chi connectivity index (χ2n) is 6.11. The van der Waals surface area contributed by atoms with E-state index in [9.17, 15) is 18.3 Å². The number of anilines is 1. The number of hydrogen-bond donors (Lipinski definition) is 2. The van der Waals surface area contributed by atoms with Gasteiger partial charge in [-0.25, -0.2) is 0 Å². The summed E-state index contributed by atoms with van der Waals surface area (Å²) in [5.41, 5.74) is 2.11. The zero-order chi connectivity index (χ0) is 14.7. The SMILES string of the molecule is CC1(C)Cc2cc(O)c(N3C(=O)CNS3(=O)=O)cc2C1. The molecule has 0 unspecified atom stereocenters. The van der Waals surface area contributed by atoms with Crippen molar-refractivity contribution in [1.29, 1.82) is 0 Å². The van der Waals surface area contributed by atoms with Gasteiger partial charge >= 0.3 is 10.2 Å². The van der Waals surface area contributed by atoms with Crippen LogP contribution < -0.4 is 9.03 Å². The Morgan fingerprint density at radius 2 is 1.85 bits per heavy atom. The Balaban J connectivity index is 2.11. The molecule has 1 aromatic rings. The normalized spacial score (nSPS) is 23.1. The van der Waals surface area contributed by atoms with Crippen LogP contribution >= 0.6 is 0 Å². The molecule has 0 aromatic heterocycles. The molecule has 3 rings (SSSR count). The predicted molar refractivity (Wildman–Crippen MR) is 73.7 cm³/mol. The monoisotopic (exact) mass is 296 g/mol. The van der Waals surface area contributed by atoms with Gasteiger partial charge in [0.25, 0.3) is 5.91 Å². The van der Waals surface area contributed by atoms with Crippen molar-refractivity contribution in [2.75, 3.05) is 10.8 Å². The van der Waals surface area contributed by atoms with E-state index in [0.717, 1.165) is 24.0 Å². The second kappa shape index (κ2) is 3.95. The Hall–Kier alpha value is -1.60. The summed E-state index contributed by atoms with van der Waals surface area (Å²) >= 11 is 0. The standard InChI is InChI=1S/C13H16N2O4S/c1-13(2)5-8-3-10(11(16)4-9(8)6-13)15-12(17)7-14-20(15,18)19/h3-4,14,16H,5-7H2,1-2H3. The van der Waals surface area contributed by atoms with Crippen LogP contribution in [0.15, 0.2) is 12.1 Å². The van der Waals surface area contributed by atoms with Gasteiger partial charge in [0.05, 0.1) is 6.54 Å². The Morgan fingerprint density at radius 1 is 1.25 bits per heavy atom. The maximum atomic E-state index is 11.8. The fourth-order valence-corrected chi connectivity index (χ4v) is 4.11. The highest BCUT2D eigenvalue weighted by atomic mass is 32.2. The number of nitrogens with one attached hydrogen (secondary N) is 1. The fraction of sp³-hybridized carbons (Fsp3) is 0.462. The summed E-state index contributed by atoms with van der Waals surface area (Å²) in [6.07, 6.45) is 1.63. The summed E-state index contributed by atoms with van der Waals surface area (Å²) in [7, 11) is -3.88. The number of phenols is 1. The van der Waals surface area contributed by atoms with E-state index in [1.165, 1.54) is 0 Å². The highest BCUT2D eigenvalue weighted by Gasteiger charge is 2.39. The average Bonchev–Trinajstić information content (AvgIpc) is 2.73. The van der Waals surface area contributed by atoms with Crippen molar-refractivity contribution in [2.24, 2.45) is 5.41 Å². The van der Waals surface area contributed by atoms with Gasteiger partial charge in [0.15, 0.2) is 0 Å². The molecule has 108 valence electrons. The maximum Gasteiger partial charge on any atom is 0.308 e. The molecule has 2 aliphatic rings. The third-order valence-electron chi connectivity index (χ3n) is 3.73. The largest absolute Gasteiger partial charge is 0.506 e. The molecule has 0 bridgehead atoms. The molecule has 1 saturated heterocycles. The van der Waals surface area contributed by atoms with E-state index < -0.39 is 16.1 Å². The van der Waals surface area contributed by atoms with Crippen molar-refractivity contribution >= 4 is 21.8 Å². The van der Waals surface area contributed by atoms with Crippen molar-refractivity contribution in [3.05, 3.63) is 23.3 Å². The van der Waals surface area contributed by atoms with Crippen LogP contribution in [0.1, 0.15) is 25.0 Å². The number of phenolic OH excluding ortho intramolecular Hbond substituents is 1. The Morgan fingerprint density at radius 3 is 2.40 bits per heavy atom. The second-order valence-corrected chi connectivity index (χ2v) is 7.72. The zero-order valence-corrected chi connectivity index (χ0v) is 12.1. The molecule has 6 nitrogen and oxygen atoms in total. The maximum absolute atomic E-state index is 11.8.